The Labute approximate surface area is 287 Å². The maximum atomic E-state index is 12.4. The molecular weight excluding hydrogens is 609 g/mol. The quantitative estimate of drug-likeness (QED) is 0.0640. The van der Waals surface area contributed by atoms with Crippen LogP contribution in [0.1, 0.15) is 114 Å². The van der Waals surface area contributed by atoms with E-state index in [2.05, 4.69) is 43.3 Å². The average molecular weight is 667 g/mol. The molecule has 0 aliphatic carbocycles. The second-order valence-electron chi connectivity index (χ2n) is 13.0. The van der Waals surface area contributed by atoms with Gasteiger partial charge in [0.1, 0.15) is 10.8 Å². The van der Waals surface area contributed by atoms with Crippen LogP contribution in [-0.4, -0.2) is 67.9 Å². The minimum atomic E-state index is -0.871. The summed E-state index contributed by atoms with van der Waals surface area (Å²) in [4.78, 5) is 25.5. The number of hydrogen-bond acceptors (Lipinski definition) is 9. The highest BCUT2D eigenvalue weighted by atomic mass is 32.1. The van der Waals surface area contributed by atoms with Crippen LogP contribution in [0.4, 0.5) is 21.2 Å². The fraction of sp³-hybridized carbons (Fsp3) is 0.632. The molecule has 0 spiro atoms. The van der Waals surface area contributed by atoms with Crippen molar-refractivity contribution in [1.29, 1.82) is 0 Å². The highest BCUT2D eigenvalue weighted by Gasteiger charge is 2.32. The van der Waals surface area contributed by atoms with Crippen molar-refractivity contribution in [1.82, 2.24) is 9.80 Å². The van der Waals surface area contributed by atoms with E-state index in [-0.39, 0.29) is 0 Å². The Hall–Kier alpha value is -3.04. The number of ether oxygens (including phenoxy) is 3. The van der Waals surface area contributed by atoms with Crippen LogP contribution in [0.5, 0.6) is 0 Å². The van der Waals surface area contributed by atoms with E-state index in [9.17, 15) is 4.79 Å². The van der Waals surface area contributed by atoms with Gasteiger partial charge in [0.25, 0.3) is 0 Å². The van der Waals surface area contributed by atoms with Gasteiger partial charge in [-0.05, 0) is 45.2 Å². The monoisotopic (exact) mass is 666 g/mol. The molecule has 0 N–H and O–H groups in total. The van der Waals surface area contributed by atoms with Crippen LogP contribution in [-0.2, 0) is 14.2 Å². The summed E-state index contributed by atoms with van der Waals surface area (Å²) in [6, 6.07) is 10.2. The van der Waals surface area contributed by atoms with Crippen molar-refractivity contribution in [2.45, 2.75) is 117 Å². The van der Waals surface area contributed by atoms with Gasteiger partial charge in [0, 0.05) is 38.0 Å². The van der Waals surface area contributed by atoms with Crippen LogP contribution in [0.15, 0.2) is 47.8 Å². The molecule has 260 valence electrons. The zero-order chi connectivity index (χ0) is 33.4. The lowest BCUT2D eigenvalue weighted by molar-refractivity contribution is -0.0852. The summed E-state index contributed by atoms with van der Waals surface area (Å²) in [5, 5.41) is 0.989. The number of hydrogen-bond donors (Lipinski definition) is 0. The van der Waals surface area contributed by atoms with E-state index in [0.717, 1.165) is 66.8 Å². The van der Waals surface area contributed by atoms with E-state index in [1.807, 2.05) is 29.2 Å². The largest absolute Gasteiger partial charge is 0.511 e. The zero-order valence-corrected chi connectivity index (χ0v) is 30.3. The van der Waals surface area contributed by atoms with E-state index in [4.69, 9.17) is 19.2 Å². The Balaban J connectivity index is 1.19. The van der Waals surface area contributed by atoms with Crippen molar-refractivity contribution < 1.29 is 19.0 Å². The highest BCUT2D eigenvalue weighted by molar-refractivity contribution is 7.16. The van der Waals surface area contributed by atoms with Gasteiger partial charge in [-0.2, -0.15) is 0 Å². The number of fused-ring (bicyclic) bond motifs is 2. The van der Waals surface area contributed by atoms with E-state index in [1.54, 1.807) is 18.3 Å². The number of nitrogens with zero attached hydrogens (tertiary/aromatic N) is 4. The first kappa shape index (κ1) is 36.8. The SMILES string of the molecule is C=C(OC(C)OC(=O)OCCCCCCCCCCCCCCCC)N1c2ccccc2N=C(N2CCN(C)CC2)c2cc(C)sc21. The first-order chi connectivity index (χ1) is 22.9. The fourth-order valence-corrected chi connectivity index (χ4v) is 7.29. The number of carbonyl (C=O) groups excluding carboxylic acids is 1. The summed E-state index contributed by atoms with van der Waals surface area (Å²) in [5.74, 6) is 1.33. The third-order valence-corrected chi connectivity index (χ3v) is 10.00. The van der Waals surface area contributed by atoms with Gasteiger partial charge in [-0.25, -0.2) is 9.79 Å². The van der Waals surface area contributed by atoms with Crippen molar-refractivity contribution in [3.05, 3.63) is 53.2 Å². The molecule has 1 unspecified atom stereocenters. The van der Waals surface area contributed by atoms with Gasteiger partial charge in [0.15, 0.2) is 5.88 Å². The first-order valence-electron chi connectivity index (χ1n) is 18.1. The average Bonchev–Trinajstić information content (AvgIpc) is 3.37. The fourth-order valence-electron chi connectivity index (χ4n) is 6.26. The second kappa shape index (κ2) is 19.7. The summed E-state index contributed by atoms with van der Waals surface area (Å²) < 4.78 is 16.9. The molecule has 9 heteroatoms. The molecule has 1 atom stereocenters. The van der Waals surface area contributed by atoms with Crippen molar-refractivity contribution in [2.75, 3.05) is 44.7 Å². The van der Waals surface area contributed by atoms with Crippen molar-refractivity contribution in [3.8, 4) is 0 Å². The van der Waals surface area contributed by atoms with E-state index in [0.29, 0.717) is 12.5 Å². The summed E-state index contributed by atoms with van der Waals surface area (Å²) >= 11 is 1.67. The minimum absolute atomic E-state index is 0.355. The molecule has 47 heavy (non-hydrogen) atoms. The smallest absolute Gasteiger partial charge is 0.440 e. The maximum absolute atomic E-state index is 12.4. The summed E-state index contributed by atoms with van der Waals surface area (Å²) in [6.45, 7) is 14.5. The summed E-state index contributed by atoms with van der Waals surface area (Å²) in [7, 11) is 2.16. The van der Waals surface area contributed by atoms with Crippen LogP contribution in [0, 0.1) is 6.92 Å². The molecule has 2 aromatic rings. The number of thiophene rings is 1. The number of likely N-dealkylation sites (N-methyl/N-ethyl adjacent to an activating group) is 1. The molecule has 1 saturated heterocycles. The third-order valence-electron chi connectivity index (χ3n) is 8.96. The van der Waals surface area contributed by atoms with E-state index in [1.165, 1.54) is 81.9 Å². The Morgan fingerprint density at radius 1 is 0.894 bits per heavy atom. The molecule has 0 saturated carbocycles. The zero-order valence-electron chi connectivity index (χ0n) is 29.4. The minimum Gasteiger partial charge on any atom is -0.440 e. The van der Waals surface area contributed by atoms with Gasteiger partial charge >= 0.3 is 6.16 Å². The van der Waals surface area contributed by atoms with Gasteiger partial charge in [0.05, 0.1) is 23.5 Å². The number of amidine groups is 1. The van der Waals surface area contributed by atoms with Crippen LogP contribution in [0.3, 0.4) is 0 Å². The molecule has 0 amide bonds. The predicted molar refractivity (Wildman–Crippen MR) is 195 cm³/mol. The number of carbonyl (C=O) groups is 1. The van der Waals surface area contributed by atoms with Crippen LogP contribution >= 0.6 is 11.3 Å². The molecule has 1 fully saturated rings. The van der Waals surface area contributed by atoms with Gasteiger partial charge in [-0.15, -0.1) is 11.3 Å². The molecule has 4 rings (SSSR count). The lowest BCUT2D eigenvalue weighted by Gasteiger charge is -2.34. The topological polar surface area (TPSA) is 66.8 Å². The van der Waals surface area contributed by atoms with Crippen LogP contribution in [0.25, 0.3) is 0 Å². The first-order valence-corrected chi connectivity index (χ1v) is 18.9. The lowest BCUT2D eigenvalue weighted by Crippen LogP contribution is -2.47. The molecule has 1 aromatic carbocycles. The normalized spacial score (nSPS) is 15.4. The van der Waals surface area contributed by atoms with Gasteiger partial charge in [0.2, 0.25) is 6.29 Å². The molecule has 3 heterocycles. The van der Waals surface area contributed by atoms with E-state index < -0.39 is 12.4 Å². The maximum Gasteiger partial charge on any atom is 0.511 e. The third kappa shape index (κ3) is 11.6. The number of para-hydroxylation sites is 2. The summed E-state index contributed by atoms with van der Waals surface area (Å²) in [5.41, 5.74) is 2.77. The van der Waals surface area contributed by atoms with Crippen LogP contribution < -0.4 is 4.90 Å². The predicted octanol–water partition coefficient (Wildman–Crippen LogP) is 10.3. The Morgan fingerprint density at radius 2 is 1.49 bits per heavy atom. The number of unbranched alkanes of at least 4 members (excludes halogenated alkanes) is 13. The Kier molecular flexibility index (Phi) is 15.4. The van der Waals surface area contributed by atoms with Crippen molar-refractivity contribution >= 4 is 39.7 Å². The molecule has 8 nitrogen and oxygen atoms in total. The lowest BCUT2D eigenvalue weighted by atomic mass is 10.0. The standard InChI is InChI=1S/C38H58N4O4S/c1-6-7-8-9-10-11-12-13-14-15-16-17-18-21-28-44-38(43)46-32(4)45-31(3)42-35-23-20-19-22-34(35)39-36(33-29-30(2)47-37(33)42)41-26-24-40(5)25-27-41/h19-20,22-23,29,32H,3,6-18,21,24-28H2,1-2,4-5H3. The Morgan fingerprint density at radius 3 is 2.13 bits per heavy atom. The highest BCUT2D eigenvalue weighted by Crippen LogP contribution is 2.46. The second-order valence-corrected chi connectivity index (χ2v) is 14.3. The number of benzene rings is 1. The van der Waals surface area contributed by atoms with Gasteiger partial charge in [-0.1, -0.05) is 103 Å². The number of piperazine rings is 1. The number of rotatable bonds is 19. The van der Waals surface area contributed by atoms with E-state index >= 15 is 0 Å². The molecule has 0 radical (unpaired) electrons. The Bertz CT molecular complexity index is 1290. The number of aryl methyl sites for hydroxylation is 1. The summed E-state index contributed by atoms with van der Waals surface area (Å²) in [6.07, 6.45) is 16.4. The molecule has 0 bridgehead atoms. The van der Waals surface area contributed by atoms with Gasteiger partial charge in [-0.3, -0.25) is 4.90 Å². The van der Waals surface area contributed by atoms with Crippen LogP contribution in [0.2, 0.25) is 0 Å². The molecule has 2 aliphatic heterocycles. The van der Waals surface area contributed by atoms with Crippen molar-refractivity contribution in [2.24, 2.45) is 4.99 Å². The molecule has 2 aliphatic rings. The van der Waals surface area contributed by atoms with Crippen molar-refractivity contribution in [3.63, 3.8) is 0 Å². The molecule has 1 aromatic heterocycles. The number of anilines is 2. The number of aliphatic imine (C=N–C) groups is 1. The van der Waals surface area contributed by atoms with Gasteiger partial charge < -0.3 is 24.0 Å². The molecular formula is C38H58N4O4S.